The molecule has 2 atom stereocenters. The van der Waals surface area contributed by atoms with Crippen LogP contribution in [0.25, 0.3) is 0 Å². The summed E-state index contributed by atoms with van der Waals surface area (Å²) in [5.74, 6) is 1.42. The molecule has 0 unspecified atom stereocenters. The minimum atomic E-state index is 0.00907. The van der Waals surface area contributed by atoms with Crippen LogP contribution in [0.4, 0.5) is 5.69 Å². The van der Waals surface area contributed by atoms with Crippen molar-refractivity contribution in [1.29, 1.82) is 0 Å². The Morgan fingerprint density at radius 1 is 1.41 bits per heavy atom. The van der Waals surface area contributed by atoms with Gasteiger partial charge in [-0.25, -0.2) is 0 Å². The zero-order chi connectivity index (χ0) is 15.5. The van der Waals surface area contributed by atoms with Gasteiger partial charge in [0, 0.05) is 36.2 Å². The number of carbonyl (C=O) groups is 1. The first-order valence-corrected chi connectivity index (χ1v) is 8.67. The maximum Gasteiger partial charge on any atom is 0.227 e. The molecule has 2 heterocycles. The molecule has 22 heavy (non-hydrogen) atoms. The molecular formula is C16H19N3O2S. The quantitative estimate of drug-likeness (QED) is 0.848. The van der Waals surface area contributed by atoms with Crippen LogP contribution in [0.2, 0.25) is 0 Å². The Balaban J connectivity index is 1.71. The summed E-state index contributed by atoms with van der Waals surface area (Å²) in [6, 6.07) is 9.71. The Kier molecular flexibility index (Phi) is 4.47. The number of hydrogen-bond acceptors (Lipinski definition) is 5. The van der Waals surface area contributed by atoms with Crippen molar-refractivity contribution in [1.82, 2.24) is 10.1 Å². The Labute approximate surface area is 134 Å². The van der Waals surface area contributed by atoms with Crippen molar-refractivity contribution < 1.29 is 9.32 Å². The van der Waals surface area contributed by atoms with Gasteiger partial charge in [-0.1, -0.05) is 30.3 Å². The Bertz CT molecular complexity index is 644. The van der Waals surface area contributed by atoms with E-state index in [-0.39, 0.29) is 11.8 Å². The van der Waals surface area contributed by atoms with Gasteiger partial charge in [0.05, 0.1) is 0 Å². The molecule has 1 aromatic carbocycles. The molecule has 5 nitrogen and oxygen atoms in total. The second-order valence-electron chi connectivity index (χ2n) is 5.54. The summed E-state index contributed by atoms with van der Waals surface area (Å²) in [6.07, 6.45) is 3.26. The van der Waals surface area contributed by atoms with E-state index in [4.69, 9.17) is 4.52 Å². The molecule has 1 amide bonds. The third kappa shape index (κ3) is 3.16. The van der Waals surface area contributed by atoms with Crippen molar-refractivity contribution in [2.24, 2.45) is 0 Å². The van der Waals surface area contributed by atoms with E-state index in [1.807, 2.05) is 30.3 Å². The molecule has 0 aliphatic carbocycles. The van der Waals surface area contributed by atoms with E-state index < -0.39 is 0 Å². The van der Waals surface area contributed by atoms with Gasteiger partial charge in [-0.05, 0) is 18.4 Å². The molecule has 1 aliphatic rings. The summed E-state index contributed by atoms with van der Waals surface area (Å²) in [5, 5.41) is 4.52. The number of nitrogens with zero attached hydrogens (tertiary/aromatic N) is 3. The lowest BCUT2D eigenvalue weighted by molar-refractivity contribution is -0.117. The number of benzene rings is 1. The van der Waals surface area contributed by atoms with Gasteiger partial charge in [0.15, 0.2) is 5.82 Å². The monoisotopic (exact) mass is 317 g/mol. The largest absolute Gasteiger partial charge is 0.339 e. The predicted molar refractivity (Wildman–Crippen MR) is 87.1 cm³/mol. The fourth-order valence-corrected chi connectivity index (χ4v) is 2.89. The summed E-state index contributed by atoms with van der Waals surface area (Å²) in [7, 11) is 0. The maximum atomic E-state index is 12.2. The molecule has 0 radical (unpaired) electrons. The SMILES string of the molecule is CS[C@H](C)Cc1nc([C@H]2CC(=O)N(c3ccccc3)C2)no1. The highest BCUT2D eigenvalue weighted by atomic mass is 32.2. The van der Waals surface area contributed by atoms with Gasteiger partial charge in [-0.2, -0.15) is 16.7 Å². The van der Waals surface area contributed by atoms with Crippen LogP contribution in [0, 0.1) is 0 Å². The van der Waals surface area contributed by atoms with Crippen LogP contribution < -0.4 is 4.90 Å². The first kappa shape index (κ1) is 15.1. The Morgan fingerprint density at radius 3 is 2.91 bits per heavy atom. The van der Waals surface area contributed by atoms with E-state index in [9.17, 15) is 4.79 Å². The lowest BCUT2D eigenvalue weighted by Crippen LogP contribution is -2.24. The first-order valence-electron chi connectivity index (χ1n) is 7.38. The van der Waals surface area contributed by atoms with Crippen LogP contribution in [0.5, 0.6) is 0 Å². The van der Waals surface area contributed by atoms with Gasteiger partial charge in [0.25, 0.3) is 0 Å². The highest BCUT2D eigenvalue weighted by molar-refractivity contribution is 7.99. The average molecular weight is 317 g/mol. The van der Waals surface area contributed by atoms with E-state index in [1.54, 1.807) is 16.7 Å². The molecular weight excluding hydrogens is 298 g/mol. The summed E-state index contributed by atoms with van der Waals surface area (Å²) < 4.78 is 5.32. The summed E-state index contributed by atoms with van der Waals surface area (Å²) in [4.78, 5) is 18.5. The van der Waals surface area contributed by atoms with E-state index in [1.165, 1.54) is 0 Å². The fourth-order valence-electron chi connectivity index (χ4n) is 2.58. The zero-order valence-electron chi connectivity index (χ0n) is 12.7. The van der Waals surface area contributed by atoms with Gasteiger partial charge in [0.2, 0.25) is 11.8 Å². The van der Waals surface area contributed by atoms with E-state index in [2.05, 4.69) is 23.3 Å². The van der Waals surface area contributed by atoms with Crippen LogP contribution in [0.3, 0.4) is 0 Å². The Morgan fingerprint density at radius 2 is 2.18 bits per heavy atom. The van der Waals surface area contributed by atoms with Crippen LogP contribution in [0.15, 0.2) is 34.9 Å². The molecule has 0 saturated carbocycles. The second kappa shape index (κ2) is 6.52. The molecule has 0 bridgehead atoms. The molecule has 1 fully saturated rings. The topological polar surface area (TPSA) is 59.2 Å². The number of carbonyl (C=O) groups excluding carboxylic acids is 1. The standard InChI is InChI=1S/C16H19N3O2S/c1-11(22-2)8-14-17-16(18-21-14)12-9-15(20)19(10-12)13-6-4-3-5-7-13/h3-7,11-12H,8-10H2,1-2H3/t11-,12+/m1/s1. The van der Waals surface area contributed by atoms with Crippen molar-refractivity contribution >= 4 is 23.4 Å². The number of anilines is 1. The molecule has 0 N–H and O–H groups in total. The van der Waals surface area contributed by atoms with Gasteiger partial charge in [-0.15, -0.1) is 0 Å². The summed E-state index contributed by atoms with van der Waals surface area (Å²) >= 11 is 1.77. The van der Waals surface area contributed by atoms with E-state index in [0.717, 1.165) is 12.1 Å². The van der Waals surface area contributed by atoms with Gasteiger partial charge in [-0.3, -0.25) is 4.79 Å². The molecule has 116 valence electrons. The molecule has 2 aromatic rings. The van der Waals surface area contributed by atoms with Gasteiger partial charge < -0.3 is 9.42 Å². The van der Waals surface area contributed by atoms with Crippen LogP contribution >= 0.6 is 11.8 Å². The van der Waals surface area contributed by atoms with Gasteiger partial charge >= 0.3 is 0 Å². The van der Waals surface area contributed by atoms with Crippen LogP contribution in [-0.4, -0.2) is 34.1 Å². The highest BCUT2D eigenvalue weighted by Crippen LogP contribution is 2.30. The maximum absolute atomic E-state index is 12.2. The molecule has 0 spiro atoms. The zero-order valence-corrected chi connectivity index (χ0v) is 13.5. The number of thioether (sulfide) groups is 1. The van der Waals surface area contributed by atoms with Crippen LogP contribution in [0.1, 0.15) is 31.0 Å². The molecule has 1 aromatic heterocycles. The number of rotatable bonds is 5. The number of para-hydroxylation sites is 1. The lowest BCUT2D eigenvalue weighted by atomic mass is 10.1. The summed E-state index contributed by atoms with van der Waals surface area (Å²) in [6.45, 7) is 2.74. The molecule has 6 heteroatoms. The van der Waals surface area contributed by atoms with Crippen molar-refractivity contribution in [3.05, 3.63) is 42.0 Å². The minimum absolute atomic E-state index is 0.00907. The van der Waals surface area contributed by atoms with Crippen molar-refractivity contribution in [3.63, 3.8) is 0 Å². The molecule has 3 rings (SSSR count). The van der Waals surface area contributed by atoms with Gasteiger partial charge in [0.1, 0.15) is 0 Å². The number of aromatic nitrogens is 2. The third-order valence-electron chi connectivity index (χ3n) is 3.91. The van der Waals surface area contributed by atoms with Crippen molar-refractivity contribution in [2.45, 2.75) is 30.9 Å². The number of hydrogen-bond donors (Lipinski definition) is 0. The predicted octanol–water partition coefficient (Wildman–Crippen LogP) is 2.88. The van der Waals surface area contributed by atoms with Crippen molar-refractivity contribution in [3.8, 4) is 0 Å². The lowest BCUT2D eigenvalue weighted by Gasteiger charge is -2.15. The van der Waals surface area contributed by atoms with E-state index in [0.29, 0.717) is 29.9 Å². The fraction of sp³-hybridized carbons (Fsp3) is 0.438. The minimum Gasteiger partial charge on any atom is -0.339 e. The second-order valence-corrected chi connectivity index (χ2v) is 6.81. The van der Waals surface area contributed by atoms with Crippen LogP contribution in [-0.2, 0) is 11.2 Å². The first-order chi connectivity index (χ1) is 10.7. The smallest absolute Gasteiger partial charge is 0.227 e. The van der Waals surface area contributed by atoms with Crippen molar-refractivity contribution in [2.75, 3.05) is 17.7 Å². The highest BCUT2D eigenvalue weighted by Gasteiger charge is 2.34. The normalized spacial score (nSPS) is 19.6. The number of amides is 1. The average Bonchev–Trinajstić information content (AvgIpc) is 3.14. The molecule has 1 saturated heterocycles. The third-order valence-corrected chi connectivity index (χ3v) is 4.88. The summed E-state index contributed by atoms with van der Waals surface area (Å²) in [5.41, 5.74) is 0.926. The Hall–Kier alpha value is -1.82. The molecule has 1 aliphatic heterocycles. The van der Waals surface area contributed by atoms with E-state index >= 15 is 0 Å².